The van der Waals surface area contributed by atoms with E-state index in [0.29, 0.717) is 83.7 Å². The minimum absolute atomic E-state index is 0.0169. The summed E-state index contributed by atoms with van der Waals surface area (Å²) in [6.45, 7) is 11.0. The molecule has 3 unspecified atom stereocenters. The molecule has 5 saturated heterocycles. The summed E-state index contributed by atoms with van der Waals surface area (Å²) in [5, 5.41) is 8.66. The largest absolute Gasteiger partial charge is 0.376 e. The Morgan fingerprint density at radius 2 is 1.29 bits per heavy atom. The number of hydrogen-bond donors (Lipinski definition) is 3. The molecule has 1 spiro atoms. The van der Waals surface area contributed by atoms with Crippen LogP contribution >= 0.6 is 23.2 Å². The maximum atomic E-state index is 15.9. The number of alkyl halides is 2. The first kappa shape index (κ1) is 82.6. The summed E-state index contributed by atoms with van der Waals surface area (Å²) in [7, 11) is 10.5. The maximum absolute atomic E-state index is 15.9. The Labute approximate surface area is 622 Å². The number of carbonyl (C=O) groups is 12. The zero-order chi connectivity index (χ0) is 75.5. The fourth-order valence-corrected chi connectivity index (χ4v) is 18.5. The van der Waals surface area contributed by atoms with Gasteiger partial charge in [0, 0.05) is 87.4 Å². The van der Waals surface area contributed by atoms with Crippen molar-refractivity contribution in [1.29, 1.82) is 0 Å². The highest BCUT2D eigenvalue weighted by atomic mass is 35.5. The van der Waals surface area contributed by atoms with Crippen molar-refractivity contribution in [2.45, 2.75) is 273 Å². The Bertz CT molecular complexity index is 3080. The fourth-order valence-electron chi connectivity index (χ4n) is 17.9. The van der Waals surface area contributed by atoms with Gasteiger partial charge in [0.25, 0.3) is 0 Å². The van der Waals surface area contributed by atoms with Crippen LogP contribution in [0.1, 0.15) is 202 Å². The number of nitrogens with one attached hydrogen (secondary N) is 3. The Balaban J connectivity index is 1.26. The second-order valence-corrected chi connectivity index (χ2v) is 33.7. The van der Waals surface area contributed by atoms with Gasteiger partial charge < -0.3 is 64.8 Å². The molecule has 0 aromatic carbocycles. The minimum Gasteiger partial charge on any atom is -0.376 e. The van der Waals surface area contributed by atoms with Crippen LogP contribution in [-0.2, 0) is 62.3 Å². The van der Waals surface area contributed by atoms with Gasteiger partial charge in [0.1, 0.15) is 53.9 Å². The predicted molar refractivity (Wildman–Crippen MR) is 392 cm³/mol. The van der Waals surface area contributed by atoms with Gasteiger partial charge in [0.05, 0.1) is 31.0 Å². The van der Waals surface area contributed by atoms with Gasteiger partial charge in [-0.1, -0.05) is 105 Å². The quantitative estimate of drug-likeness (QED) is 0.120. The molecule has 3 N–H and O–H groups in total. The van der Waals surface area contributed by atoms with E-state index < -0.39 is 162 Å². The SMILES string of the molecule is CCCO[C@@H]1C[C@H]2C(=O)NC3(CC(C)(C)C3)C(=O)N(C)[C@@H](C3CCCC3)C(=O)N(C)[C@H](C(=O)N(C)CC)CC(=O)N(C)[C@H]3CCCC4CCC(CC4)C[C@@H](C(=O)N(C)CC(=O)N[C@@H](CCC4CCC(Cl)C(Cl)C4)C(=O)N2C1)N1CC/C=C\C[C@@H](C1=O)N(C)C(=O)CN(C)C(=O)[C@H]([C@@H](C)CC)NC3=O. The maximum Gasteiger partial charge on any atom is 0.248 e. The van der Waals surface area contributed by atoms with Crippen LogP contribution in [0.4, 0.5) is 0 Å². The molecule has 4 aliphatic carbocycles. The molecule has 0 aromatic rings. The molecular formula is C76H122Cl2N12O13. The first-order chi connectivity index (χ1) is 48.7. The van der Waals surface area contributed by atoms with E-state index in [1.807, 2.05) is 46.8 Å². The molecule has 10 rings (SSSR count). The van der Waals surface area contributed by atoms with Crippen LogP contribution in [0.2, 0.25) is 0 Å². The summed E-state index contributed by atoms with van der Waals surface area (Å²) >= 11 is 13.4. The van der Waals surface area contributed by atoms with Gasteiger partial charge in [-0.15, -0.1) is 23.2 Å². The highest BCUT2D eigenvalue weighted by Gasteiger charge is 2.59. The van der Waals surface area contributed by atoms with Crippen molar-refractivity contribution in [3.8, 4) is 0 Å². The normalized spacial score (nSPS) is 33.0. The number of halogens is 2. The van der Waals surface area contributed by atoms with Crippen molar-refractivity contribution in [2.24, 2.45) is 35.0 Å². The number of nitrogens with zero attached hydrogens (tertiary/aromatic N) is 9. The molecule has 0 aromatic heterocycles. The molecule has 10 aliphatic rings. The molecule has 25 nitrogen and oxygen atoms in total. The van der Waals surface area contributed by atoms with E-state index in [1.165, 1.54) is 74.4 Å². The van der Waals surface area contributed by atoms with Gasteiger partial charge >= 0.3 is 0 Å². The average molecular weight is 1480 g/mol. The van der Waals surface area contributed by atoms with Crippen LogP contribution in [-0.4, -0.2) is 274 Å². The molecule has 103 heavy (non-hydrogen) atoms. The Morgan fingerprint density at radius 3 is 1.93 bits per heavy atom. The summed E-state index contributed by atoms with van der Waals surface area (Å²) in [6.07, 6.45) is 14.3. The minimum atomic E-state index is -1.57. The molecule has 6 aliphatic heterocycles. The van der Waals surface area contributed by atoms with Gasteiger partial charge in [-0.3, -0.25) is 57.5 Å². The number of fused-ring (bicyclic) bond motifs is 22. The van der Waals surface area contributed by atoms with Crippen LogP contribution in [0.25, 0.3) is 0 Å². The average Bonchev–Trinajstić information content (AvgIpc) is 1.23. The molecule has 9 fully saturated rings. The van der Waals surface area contributed by atoms with Gasteiger partial charge in [0.2, 0.25) is 70.9 Å². The first-order valence-corrected chi connectivity index (χ1v) is 39.5. The van der Waals surface area contributed by atoms with E-state index in [0.717, 1.165) is 32.1 Å². The topological polar surface area (TPSA) is 279 Å². The summed E-state index contributed by atoms with van der Waals surface area (Å²) in [4.78, 5) is 196. The van der Waals surface area contributed by atoms with Gasteiger partial charge in [0.15, 0.2) is 0 Å². The van der Waals surface area contributed by atoms with Crippen molar-refractivity contribution in [1.82, 2.24) is 60.0 Å². The third-order valence-corrected chi connectivity index (χ3v) is 25.5. The Kier molecular flexibility index (Phi) is 29.2. The summed E-state index contributed by atoms with van der Waals surface area (Å²) in [6, 6.07) is -9.51. The number of rotatable bonds is 11. The van der Waals surface area contributed by atoms with E-state index in [1.54, 1.807) is 25.9 Å². The van der Waals surface area contributed by atoms with Crippen LogP contribution in [0.3, 0.4) is 0 Å². The smallest absolute Gasteiger partial charge is 0.248 e. The van der Waals surface area contributed by atoms with Crippen LogP contribution < -0.4 is 16.0 Å². The first-order valence-electron chi connectivity index (χ1n) is 38.6. The molecule has 4 saturated carbocycles. The Hall–Kier alpha value is -6.08. The van der Waals surface area contributed by atoms with E-state index >= 15 is 38.4 Å². The van der Waals surface area contributed by atoms with Crippen molar-refractivity contribution >= 4 is 94.1 Å². The zero-order valence-electron chi connectivity index (χ0n) is 63.9. The van der Waals surface area contributed by atoms with E-state index in [9.17, 15) is 19.2 Å². The van der Waals surface area contributed by atoms with Crippen molar-refractivity contribution < 1.29 is 62.3 Å². The standard InChI is InChI=1S/C76H122Cl2N12O13/c1-14-37-103-52-40-58-67(95)81-76(45-75(5,6)46-76)74(102)88(13)65(51-24-19-20-25-51)73(101)87(12)59(69(97)82(7)16-3)41-62(92)85(10)56-27-22-23-48-28-30-50(31-29-48)39-60(70(98)83(8)43-61(91)79-55(68(96)90(58)42-52)35-33-49-32-34-53(77)54(78)38-49)89-36-21-17-18-26-57(71(89)99)86(11)63(93)44-84(9)72(100)64(47(4)15-2)80-66(56)94/h17-18,47-60,64-65H,14-16,19-46H2,1-13H3,(H,79,91)(H,80,94)(H,81,95)/b18-17-/t47-,48?,49?,50?,52+,53?,54?,55-,56-,57-,58-,59-,60-,64-,65-/m0/s1. The predicted octanol–water partition coefficient (Wildman–Crippen LogP) is 6.09. The third kappa shape index (κ3) is 20.0. The van der Waals surface area contributed by atoms with Gasteiger partial charge in [-0.25, -0.2) is 0 Å². The van der Waals surface area contributed by atoms with Gasteiger partial charge in [-0.2, -0.15) is 0 Å². The number of hydrogen-bond acceptors (Lipinski definition) is 13. The molecule has 27 heteroatoms. The van der Waals surface area contributed by atoms with Crippen molar-refractivity contribution in [3.05, 3.63) is 12.2 Å². The van der Waals surface area contributed by atoms with E-state index in [4.69, 9.17) is 27.9 Å². The van der Waals surface area contributed by atoms with Crippen LogP contribution in [0.5, 0.6) is 0 Å². The third-order valence-electron chi connectivity index (χ3n) is 24.4. The van der Waals surface area contributed by atoms with Gasteiger partial charge in [-0.05, 0) is 132 Å². The summed E-state index contributed by atoms with van der Waals surface area (Å²) in [5.41, 5.74) is -2.03. The van der Waals surface area contributed by atoms with Crippen LogP contribution in [0, 0.1) is 35.0 Å². The lowest BCUT2D eigenvalue weighted by molar-refractivity contribution is -0.161. The van der Waals surface area contributed by atoms with E-state index in [2.05, 4.69) is 16.0 Å². The van der Waals surface area contributed by atoms with E-state index in [-0.39, 0.29) is 99.0 Å². The lowest BCUT2D eigenvalue weighted by Crippen LogP contribution is -2.71. The molecule has 0 radical (unpaired) electrons. The molecule has 12 amide bonds. The number of ether oxygens (including phenoxy) is 1. The fraction of sp³-hybridized carbons (Fsp3) is 0.816. The lowest BCUT2D eigenvalue weighted by Gasteiger charge is -2.54. The summed E-state index contributed by atoms with van der Waals surface area (Å²) in [5.74, 6) is -7.55. The molecule has 6 bridgehead atoms. The highest BCUT2D eigenvalue weighted by Crippen LogP contribution is 2.50. The monoisotopic (exact) mass is 1480 g/mol. The number of amides is 12. The molecule has 13 atom stereocenters. The molecule has 578 valence electrons. The van der Waals surface area contributed by atoms with Crippen LogP contribution in [0.15, 0.2) is 12.2 Å². The van der Waals surface area contributed by atoms with Crippen molar-refractivity contribution in [2.75, 3.05) is 88.7 Å². The Morgan fingerprint density at radius 1 is 0.631 bits per heavy atom. The molecule has 6 heterocycles. The van der Waals surface area contributed by atoms with Crippen molar-refractivity contribution in [3.63, 3.8) is 0 Å². The summed E-state index contributed by atoms with van der Waals surface area (Å²) < 4.78 is 6.33. The highest BCUT2D eigenvalue weighted by molar-refractivity contribution is 6.30. The molecular weight excluding hydrogens is 1360 g/mol. The second kappa shape index (κ2) is 36.5. The second-order valence-electron chi connectivity index (χ2n) is 32.6. The lowest BCUT2D eigenvalue weighted by atomic mass is 9.58. The number of carbonyl (C=O) groups excluding carboxylic acids is 12. The number of likely N-dealkylation sites (N-methyl/N-ethyl adjacent to an activating group) is 7. The zero-order valence-corrected chi connectivity index (χ0v) is 65.4.